The van der Waals surface area contributed by atoms with Crippen LogP contribution in [-0.4, -0.2) is 11.8 Å². The van der Waals surface area contributed by atoms with Gasteiger partial charge in [0, 0.05) is 22.2 Å². The minimum atomic E-state index is -0.873. The van der Waals surface area contributed by atoms with Gasteiger partial charge in [0.05, 0.1) is 0 Å². The van der Waals surface area contributed by atoms with E-state index in [1.807, 2.05) is 12.1 Å². The van der Waals surface area contributed by atoms with Crippen molar-refractivity contribution in [2.45, 2.75) is 11.8 Å². The maximum Gasteiger partial charge on any atom is 0.159 e. The van der Waals surface area contributed by atoms with Crippen LogP contribution in [-0.2, 0) is 11.8 Å². The second-order valence-corrected chi connectivity index (χ2v) is 5.95. The van der Waals surface area contributed by atoms with E-state index in [9.17, 15) is 8.78 Å². The van der Waals surface area contributed by atoms with E-state index in [1.54, 1.807) is 18.2 Å². The summed E-state index contributed by atoms with van der Waals surface area (Å²) >= 11 is 18.2. The van der Waals surface area contributed by atoms with Crippen LogP contribution in [0.15, 0.2) is 42.5 Å². The van der Waals surface area contributed by atoms with Crippen molar-refractivity contribution < 1.29 is 8.78 Å². The minimum Gasteiger partial charge on any atom is -0.204 e. The van der Waals surface area contributed by atoms with Crippen LogP contribution in [0.4, 0.5) is 8.78 Å². The fourth-order valence-electron chi connectivity index (χ4n) is 2.23. The maximum atomic E-state index is 13.4. The van der Waals surface area contributed by atoms with Crippen LogP contribution in [0, 0.1) is 11.6 Å². The number of rotatable bonds is 5. The first-order chi connectivity index (χ1) is 10.0. The third-order valence-corrected chi connectivity index (χ3v) is 4.77. The predicted octanol–water partition coefficient (Wildman–Crippen LogP) is 5.58. The van der Waals surface area contributed by atoms with E-state index in [0.29, 0.717) is 17.0 Å². The Labute approximate surface area is 137 Å². The van der Waals surface area contributed by atoms with E-state index in [4.69, 9.17) is 34.8 Å². The summed E-state index contributed by atoms with van der Waals surface area (Å²) in [6.45, 7) is 0. The van der Waals surface area contributed by atoms with Crippen LogP contribution < -0.4 is 0 Å². The molecule has 0 aliphatic heterocycles. The summed E-state index contributed by atoms with van der Waals surface area (Å²) in [4.78, 5) is 0. The van der Waals surface area contributed by atoms with Gasteiger partial charge in [-0.05, 0) is 41.8 Å². The predicted molar refractivity (Wildman–Crippen MR) is 84.6 cm³/mol. The molecule has 0 nitrogen and oxygen atoms in total. The molecule has 0 heterocycles. The van der Waals surface area contributed by atoms with E-state index < -0.39 is 17.0 Å². The summed E-state index contributed by atoms with van der Waals surface area (Å²) in [5.74, 6) is -1.22. The molecule has 0 aliphatic rings. The zero-order valence-corrected chi connectivity index (χ0v) is 13.3. The molecule has 0 spiro atoms. The van der Waals surface area contributed by atoms with E-state index in [1.165, 1.54) is 6.07 Å². The van der Waals surface area contributed by atoms with Gasteiger partial charge in [-0.3, -0.25) is 0 Å². The van der Waals surface area contributed by atoms with Crippen LogP contribution >= 0.6 is 34.8 Å². The van der Waals surface area contributed by atoms with Crippen molar-refractivity contribution in [1.29, 1.82) is 0 Å². The molecule has 5 heteroatoms. The number of benzene rings is 2. The zero-order valence-electron chi connectivity index (χ0n) is 11.1. The maximum absolute atomic E-state index is 13.4. The molecule has 0 saturated heterocycles. The minimum absolute atomic E-state index is 0.261. The Bertz CT molecular complexity index is 607. The van der Waals surface area contributed by atoms with E-state index >= 15 is 0 Å². The molecule has 0 atom stereocenters. The van der Waals surface area contributed by atoms with Gasteiger partial charge in [0.15, 0.2) is 11.6 Å². The molecular weight excluding hydrogens is 337 g/mol. The molecule has 112 valence electrons. The lowest BCUT2D eigenvalue weighted by Gasteiger charge is -2.30. The van der Waals surface area contributed by atoms with Crippen LogP contribution in [0.2, 0.25) is 5.02 Å². The average Bonchev–Trinajstić information content (AvgIpc) is 2.49. The van der Waals surface area contributed by atoms with Gasteiger partial charge in [-0.2, -0.15) is 0 Å². The summed E-state index contributed by atoms with van der Waals surface area (Å²) in [7, 11) is 0. The fourth-order valence-corrected chi connectivity index (χ4v) is 3.14. The Kier molecular flexibility index (Phi) is 5.48. The van der Waals surface area contributed by atoms with Crippen LogP contribution in [0.1, 0.15) is 11.1 Å². The first-order valence-corrected chi connectivity index (χ1v) is 7.77. The van der Waals surface area contributed by atoms with Gasteiger partial charge in [-0.1, -0.05) is 29.8 Å². The number of halogens is 5. The van der Waals surface area contributed by atoms with Crippen LogP contribution in [0.5, 0.6) is 0 Å². The highest BCUT2D eigenvalue weighted by atomic mass is 35.5. The number of hydrogen-bond acceptors (Lipinski definition) is 0. The van der Waals surface area contributed by atoms with Gasteiger partial charge in [0.2, 0.25) is 0 Å². The zero-order chi connectivity index (χ0) is 15.5. The summed E-state index contributed by atoms with van der Waals surface area (Å²) in [6, 6.07) is 11.1. The molecule has 0 bridgehead atoms. The Morgan fingerprint density at radius 2 is 1.48 bits per heavy atom. The van der Waals surface area contributed by atoms with Crippen molar-refractivity contribution in [2.75, 3.05) is 11.8 Å². The standard InChI is InChI=1S/C16H13Cl3F2/c17-9-16(10-18,12-2-4-13(19)5-3-12)8-11-1-6-14(20)15(21)7-11/h1-7H,8-10H2. The topological polar surface area (TPSA) is 0 Å². The fraction of sp³-hybridized carbons (Fsp3) is 0.250. The average molecular weight is 350 g/mol. The lowest BCUT2D eigenvalue weighted by atomic mass is 9.79. The third-order valence-electron chi connectivity index (χ3n) is 3.49. The van der Waals surface area contributed by atoms with Crippen molar-refractivity contribution in [3.63, 3.8) is 0 Å². The summed E-state index contributed by atoms with van der Waals surface area (Å²) < 4.78 is 26.4. The summed E-state index contributed by atoms with van der Waals surface area (Å²) in [6.07, 6.45) is 0.416. The smallest absolute Gasteiger partial charge is 0.159 e. The van der Waals surface area contributed by atoms with Gasteiger partial charge < -0.3 is 0 Å². The summed E-state index contributed by atoms with van der Waals surface area (Å²) in [5, 5.41) is 0.615. The molecule has 0 N–H and O–H groups in total. The quantitative estimate of drug-likeness (QED) is 0.618. The molecule has 2 aromatic rings. The van der Waals surface area contributed by atoms with Gasteiger partial charge in [0.1, 0.15) is 0 Å². The third kappa shape index (κ3) is 3.68. The molecule has 0 aliphatic carbocycles. The molecule has 0 radical (unpaired) electrons. The van der Waals surface area contributed by atoms with Crippen molar-refractivity contribution in [3.8, 4) is 0 Å². The Morgan fingerprint density at radius 3 is 2.00 bits per heavy atom. The first-order valence-electron chi connectivity index (χ1n) is 6.33. The van der Waals surface area contributed by atoms with Crippen molar-refractivity contribution in [2.24, 2.45) is 0 Å². The first kappa shape index (κ1) is 16.5. The van der Waals surface area contributed by atoms with E-state index in [2.05, 4.69) is 0 Å². The highest BCUT2D eigenvalue weighted by Gasteiger charge is 2.31. The molecule has 0 saturated carbocycles. The molecule has 0 amide bonds. The van der Waals surface area contributed by atoms with Crippen molar-refractivity contribution in [1.82, 2.24) is 0 Å². The highest BCUT2D eigenvalue weighted by molar-refractivity contribution is 6.30. The SMILES string of the molecule is Fc1ccc(CC(CCl)(CCl)c2ccc(Cl)cc2)cc1F. The highest BCUT2D eigenvalue weighted by Crippen LogP contribution is 2.32. The Hall–Kier alpha value is -0.830. The van der Waals surface area contributed by atoms with E-state index in [-0.39, 0.29) is 11.8 Å². The molecule has 2 aromatic carbocycles. The van der Waals surface area contributed by atoms with Crippen LogP contribution in [0.3, 0.4) is 0 Å². The van der Waals surface area contributed by atoms with Crippen molar-refractivity contribution in [3.05, 3.63) is 70.2 Å². The normalized spacial score (nSPS) is 11.7. The monoisotopic (exact) mass is 348 g/mol. The van der Waals surface area contributed by atoms with Gasteiger partial charge in [0.25, 0.3) is 0 Å². The number of alkyl halides is 2. The van der Waals surface area contributed by atoms with Gasteiger partial charge in [-0.25, -0.2) is 8.78 Å². The van der Waals surface area contributed by atoms with Crippen LogP contribution in [0.25, 0.3) is 0 Å². The lowest BCUT2D eigenvalue weighted by Crippen LogP contribution is -2.33. The Balaban J connectivity index is 2.37. The lowest BCUT2D eigenvalue weighted by molar-refractivity contribution is 0.499. The molecule has 0 unspecified atom stereocenters. The molecule has 21 heavy (non-hydrogen) atoms. The Morgan fingerprint density at radius 1 is 0.857 bits per heavy atom. The number of hydrogen-bond donors (Lipinski definition) is 0. The molecule has 2 rings (SSSR count). The second-order valence-electron chi connectivity index (χ2n) is 4.98. The van der Waals surface area contributed by atoms with Gasteiger partial charge in [-0.15, -0.1) is 23.2 Å². The second kappa shape index (κ2) is 6.95. The summed E-state index contributed by atoms with van der Waals surface area (Å²) in [5.41, 5.74) is 1.00. The van der Waals surface area contributed by atoms with E-state index in [0.717, 1.165) is 11.6 Å². The van der Waals surface area contributed by atoms with Crippen molar-refractivity contribution >= 4 is 34.8 Å². The molecular formula is C16H13Cl3F2. The van der Waals surface area contributed by atoms with Gasteiger partial charge >= 0.3 is 0 Å². The molecule has 0 aromatic heterocycles. The largest absolute Gasteiger partial charge is 0.204 e. The molecule has 0 fully saturated rings.